The molecule has 0 unspecified atom stereocenters. The van der Waals surface area contributed by atoms with E-state index in [1.54, 1.807) is 0 Å². The summed E-state index contributed by atoms with van der Waals surface area (Å²) in [5.74, 6) is -1.43. The van der Waals surface area contributed by atoms with Crippen LogP contribution < -0.4 is 0 Å². The van der Waals surface area contributed by atoms with E-state index in [4.69, 9.17) is 4.74 Å². The summed E-state index contributed by atoms with van der Waals surface area (Å²) in [6, 6.07) is 4.43. The second kappa shape index (κ2) is 7.75. The molecule has 1 atom stereocenters. The fourth-order valence-electron chi connectivity index (χ4n) is 1.67. The van der Waals surface area contributed by atoms with E-state index < -0.39 is 29.8 Å². The zero-order valence-electron chi connectivity index (χ0n) is 12.8. The molecule has 0 N–H and O–H groups in total. The number of carbonyl (C=O) groups is 2. The lowest BCUT2D eigenvalue weighted by atomic mass is 10.2. The van der Waals surface area contributed by atoms with Gasteiger partial charge in [-0.25, -0.2) is 4.79 Å². The van der Waals surface area contributed by atoms with Gasteiger partial charge in [-0.2, -0.15) is 13.2 Å². The monoisotopic (exact) mass is 331 g/mol. The van der Waals surface area contributed by atoms with Gasteiger partial charge in [-0.15, -0.1) is 0 Å². The molecule has 0 saturated heterocycles. The zero-order chi connectivity index (χ0) is 17.6. The summed E-state index contributed by atoms with van der Waals surface area (Å²) in [7, 11) is 1.16. The van der Waals surface area contributed by atoms with Gasteiger partial charge in [-0.3, -0.25) is 9.79 Å². The number of esters is 2. The Morgan fingerprint density at radius 3 is 2.52 bits per heavy atom. The molecule has 5 nitrogen and oxygen atoms in total. The van der Waals surface area contributed by atoms with Crippen LogP contribution in [0.4, 0.5) is 18.9 Å². The predicted octanol–water partition coefficient (Wildman–Crippen LogP) is 3.29. The first kappa shape index (κ1) is 18.7. The van der Waals surface area contributed by atoms with E-state index in [-0.39, 0.29) is 17.8 Å². The van der Waals surface area contributed by atoms with Crippen LogP contribution in [-0.4, -0.2) is 30.9 Å². The second-order valence-electron chi connectivity index (χ2n) is 4.73. The molecule has 0 spiro atoms. The number of carbonyl (C=O) groups excluding carboxylic acids is 2. The zero-order valence-corrected chi connectivity index (χ0v) is 12.8. The van der Waals surface area contributed by atoms with Gasteiger partial charge >= 0.3 is 18.1 Å². The minimum atomic E-state index is -4.46. The minimum absolute atomic E-state index is 0.0751. The molecule has 1 aromatic rings. The van der Waals surface area contributed by atoms with Gasteiger partial charge in [0, 0.05) is 5.71 Å². The summed E-state index contributed by atoms with van der Waals surface area (Å²) in [6.07, 6.45) is -5.78. The summed E-state index contributed by atoms with van der Waals surface area (Å²) in [5, 5.41) is 0. The van der Waals surface area contributed by atoms with Gasteiger partial charge < -0.3 is 9.47 Å². The van der Waals surface area contributed by atoms with Crippen LogP contribution in [0.5, 0.6) is 0 Å². The van der Waals surface area contributed by atoms with Gasteiger partial charge in [0.1, 0.15) is 0 Å². The highest BCUT2D eigenvalue weighted by molar-refractivity contribution is 5.99. The third-order valence-corrected chi connectivity index (χ3v) is 2.73. The smallest absolute Gasteiger partial charge is 0.416 e. The molecule has 8 heteroatoms. The number of aliphatic imine (C=N–C) groups is 1. The summed E-state index contributed by atoms with van der Waals surface area (Å²) in [5.41, 5.74) is -0.494. The lowest BCUT2D eigenvalue weighted by molar-refractivity contribution is -0.163. The van der Waals surface area contributed by atoms with E-state index in [0.717, 1.165) is 19.2 Å². The van der Waals surface area contributed by atoms with Crippen LogP contribution in [0.2, 0.25) is 0 Å². The third-order valence-electron chi connectivity index (χ3n) is 2.73. The number of methoxy groups -OCH3 is 1. The number of halogens is 3. The van der Waals surface area contributed by atoms with Gasteiger partial charge in [0.15, 0.2) is 6.10 Å². The van der Waals surface area contributed by atoms with Crippen molar-refractivity contribution in [1.29, 1.82) is 0 Å². The molecule has 0 radical (unpaired) electrons. The van der Waals surface area contributed by atoms with Crippen molar-refractivity contribution in [2.75, 3.05) is 7.11 Å². The Labute approximate surface area is 131 Å². The molecule has 0 aromatic heterocycles. The number of hydrogen-bond acceptors (Lipinski definition) is 5. The van der Waals surface area contributed by atoms with Gasteiger partial charge in [-0.05, 0) is 32.0 Å². The first-order chi connectivity index (χ1) is 10.6. The molecule has 0 bridgehead atoms. The van der Waals surface area contributed by atoms with Gasteiger partial charge in [0.25, 0.3) is 0 Å². The van der Waals surface area contributed by atoms with Crippen molar-refractivity contribution in [2.45, 2.75) is 32.5 Å². The second-order valence-corrected chi connectivity index (χ2v) is 4.73. The number of rotatable bonds is 5. The van der Waals surface area contributed by atoms with Gasteiger partial charge in [0.2, 0.25) is 0 Å². The molecule has 0 saturated carbocycles. The lowest BCUT2D eigenvalue weighted by Crippen LogP contribution is -2.26. The van der Waals surface area contributed by atoms with Crippen molar-refractivity contribution in [2.24, 2.45) is 4.99 Å². The van der Waals surface area contributed by atoms with E-state index >= 15 is 0 Å². The Morgan fingerprint density at radius 1 is 1.30 bits per heavy atom. The fraction of sp³-hybridized carbons (Fsp3) is 0.400. The van der Waals surface area contributed by atoms with E-state index in [1.807, 2.05) is 0 Å². The molecular formula is C15H16F3NO4. The van der Waals surface area contributed by atoms with Crippen LogP contribution in [0, 0.1) is 0 Å². The van der Waals surface area contributed by atoms with Crippen LogP contribution in [-0.2, 0) is 25.2 Å². The highest BCUT2D eigenvalue weighted by Crippen LogP contribution is 2.31. The van der Waals surface area contributed by atoms with Crippen molar-refractivity contribution >= 4 is 23.3 Å². The molecule has 126 valence electrons. The quantitative estimate of drug-likeness (QED) is 0.613. The standard InChI is InChI=1S/C15H16F3NO4/c1-9(7-13(20)23-10(2)14(21)22-3)19-12-6-4-5-11(8-12)15(16,17)18/h4-6,8,10H,7H2,1-3H3/t10-/m1/s1. The molecule has 0 aliphatic carbocycles. The molecule has 1 aromatic carbocycles. The Hall–Kier alpha value is -2.38. The Kier molecular flexibility index (Phi) is 6.29. The average molecular weight is 331 g/mol. The molecule has 0 fully saturated rings. The van der Waals surface area contributed by atoms with Crippen LogP contribution in [0.3, 0.4) is 0 Å². The molecule has 23 heavy (non-hydrogen) atoms. The summed E-state index contributed by atoms with van der Waals surface area (Å²) in [6.45, 7) is 2.83. The first-order valence-corrected chi connectivity index (χ1v) is 6.62. The Bertz CT molecular complexity index is 611. The van der Waals surface area contributed by atoms with E-state index in [2.05, 4.69) is 9.73 Å². The number of hydrogen-bond donors (Lipinski definition) is 0. The highest BCUT2D eigenvalue weighted by atomic mass is 19.4. The van der Waals surface area contributed by atoms with Crippen LogP contribution in [0.25, 0.3) is 0 Å². The normalized spacial score (nSPS) is 13.4. The van der Waals surface area contributed by atoms with Crippen molar-refractivity contribution in [3.8, 4) is 0 Å². The lowest BCUT2D eigenvalue weighted by Gasteiger charge is -2.11. The first-order valence-electron chi connectivity index (χ1n) is 6.62. The summed E-state index contributed by atoms with van der Waals surface area (Å²) >= 11 is 0. The molecular weight excluding hydrogens is 315 g/mol. The molecule has 0 amide bonds. The number of ether oxygens (including phenoxy) is 2. The van der Waals surface area contributed by atoms with Crippen LogP contribution >= 0.6 is 0 Å². The van der Waals surface area contributed by atoms with Crippen molar-refractivity contribution in [3.05, 3.63) is 29.8 Å². The minimum Gasteiger partial charge on any atom is -0.466 e. The van der Waals surface area contributed by atoms with Crippen LogP contribution in [0.15, 0.2) is 29.3 Å². The van der Waals surface area contributed by atoms with Crippen molar-refractivity contribution < 1.29 is 32.2 Å². The van der Waals surface area contributed by atoms with Crippen LogP contribution in [0.1, 0.15) is 25.8 Å². The van der Waals surface area contributed by atoms with E-state index in [1.165, 1.54) is 26.0 Å². The third kappa shape index (κ3) is 6.09. The molecule has 0 aliphatic heterocycles. The average Bonchev–Trinajstić information content (AvgIpc) is 2.45. The van der Waals surface area contributed by atoms with Gasteiger partial charge in [-0.1, -0.05) is 6.07 Å². The fourth-order valence-corrected chi connectivity index (χ4v) is 1.67. The van der Waals surface area contributed by atoms with E-state index in [9.17, 15) is 22.8 Å². The predicted molar refractivity (Wildman–Crippen MR) is 76.4 cm³/mol. The summed E-state index contributed by atoms with van der Waals surface area (Å²) in [4.78, 5) is 26.7. The molecule has 1 rings (SSSR count). The summed E-state index contributed by atoms with van der Waals surface area (Å²) < 4.78 is 47.0. The molecule has 0 aliphatic rings. The topological polar surface area (TPSA) is 65.0 Å². The number of benzene rings is 1. The maximum absolute atomic E-state index is 12.6. The Morgan fingerprint density at radius 2 is 1.96 bits per heavy atom. The largest absolute Gasteiger partial charge is 0.466 e. The highest BCUT2D eigenvalue weighted by Gasteiger charge is 2.30. The number of alkyl halides is 3. The maximum Gasteiger partial charge on any atom is 0.416 e. The number of nitrogens with zero attached hydrogens (tertiary/aromatic N) is 1. The maximum atomic E-state index is 12.6. The molecule has 0 heterocycles. The van der Waals surface area contributed by atoms with E-state index in [0.29, 0.717) is 0 Å². The van der Waals surface area contributed by atoms with Gasteiger partial charge in [0.05, 0.1) is 24.8 Å². The van der Waals surface area contributed by atoms with Crippen molar-refractivity contribution in [3.63, 3.8) is 0 Å². The SMILES string of the molecule is COC(=O)[C@@H](C)OC(=O)CC(C)=Nc1cccc(C(F)(F)F)c1. The van der Waals surface area contributed by atoms with Crippen molar-refractivity contribution in [1.82, 2.24) is 0 Å². The Balaban J connectivity index is 2.74.